The zero-order chi connectivity index (χ0) is 30.0. The number of hydrogen-bond donors (Lipinski definition) is 0. The van der Waals surface area contributed by atoms with Crippen molar-refractivity contribution in [3.8, 4) is 11.5 Å². The van der Waals surface area contributed by atoms with Gasteiger partial charge in [-0.15, -0.1) is 0 Å². The molecule has 0 saturated heterocycles. The molecule has 0 bridgehead atoms. The van der Waals surface area contributed by atoms with Crippen LogP contribution in [-0.4, -0.2) is 24.3 Å². The van der Waals surface area contributed by atoms with Crippen molar-refractivity contribution in [2.45, 2.75) is 33.4 Å². The first kappa shape index (κ1) is 30.1. The molecule has 0 aliphatic carbocycles. The first-order valence-corrected chi connectivity index (χ1v) is 15.5. The maximum Gasteiger partial charge on any atom is 0.338 e. The van der Waals surface area contributed by atoms with Crippen LogP contribution in [0.3, 0.4) is 0 Å². The minimum absolute atomic E-state index is 0.222. The third-order valence-electron chi connectivity index (χ3n) is 6.73. The number of hydrogen-bond acceptors (Lipinski definition) is 7. The Hall–Kier alpha value is -3.41. The lowest BCUT2D eigenvalue weighted by Crippen LogP contribution is -2.39. The minimum Gasteiger partial charge on any atom is -0.493 e. The monoisotopic (exact) mass is 714 g/mol. The Morgan fingerprint density at radius 3 is 2.60 bits per heavy atom. The topological polar surface area (TPSA) is 79.1 Å². The molecule has 42 heavy (non-hydrogen) atoms. The van der Waals surface area contributed by atoms with Gasteiger partial charge in [0.15, 0.2) is 16.3 Å². The third-order valence-corrected chi connectivity index (χ3v) is 8.75. The lowest BCUT2D eigenvalue weighted by molar-refractivity contribution is -0.139. The van der Waals surface area contributed by atoms with Crippen molar-refractivity contribution in [1.82, 2.24) is 4.57 Å². The van der Waals surface area contributed by atoms with E-state index in [9.17, 15) is 9.59 Å². The number of halogens is 2. The molecule has 216 valence electrons. The van der Waals surface area contributed by atoms with Crippen LogP contribution in [0.1, 0.15) is 42.1 Å². The molecule has 0 N–H and O–H groups in total. The van der Waals surface area contributed by atoms with Gasteiger partial charge in [0.05, 0.1) is 39.1 Å². The molecule has 2 heterocycles. The number of aryl methyl sites for hydroxylation is 1. The van der Waals surface area contributed by atoms with E-state index in [0.717, 1.165) is 25.8 Å². The van der Waals surface area contributed by atoms with Gasteiger partial charge < -0.3 is 14.2 Å². The van der Waals surface area contributed by atoms with E-state index in [4.69, 9.17) is 25.8 Å². The molecular formula is C32H28ClIN2O5S. The van der Waals surface area contributed by atoms with Gasteiger partial charge in [0.2, 0.25) is 0 Å². The van der Waals surface area contributed by atoms with Crippen LogP contribution in [0.25, 0.3) is 6.08 Å². The molecule has 0 fully saturated rings. The SMILES string of the molecule is CCOC(=O)C1=C(C)N=c2s/c(=C\c3cc(I)c(OCc4cccc(Cl)c4)c(OC)c3)c(=O)n2[C@H]1c1ccc(C)cc1. The van der Waals surface area contributed by atoms with Crippen LogP contribution < -0.4 is 24.4 Å². The Balaban J connectivity index is 1.57. The van der Waals surface area contributed by atoms with Crippen LogP contribution in [0.15, 0.2) is 81.7 Å². The second-order valence-corrected chi connectivity index (χ2v) is 12.3. The molecule has 10 heteroatoms. The van der Waals surface area contributed by atoms with Gasteiger partial charge >= 0.3 is 5.97 Å². The van der Waals surface area contributed by atoms with E-state index in [1.807, 2.05) is 73.7 Å². The van der Waals surface area contributed by atoms with Crippen LogP contribution in [0.5, 0.6) is 11.5 Å². The van der Waals surface area contributed by atoms with E-state index < -0.39 is 12.0 Å². The Bertz CT molecular complexity index is 1880. The van der Waals surface area contributed by atoms with Crippen LogP contribution in [0.4, 0.5) is 0 Å². The van der Waals surface area contributed by atoms with Crippen LogP contribution >= 0.6 is 45.5 Å². The predicted octanol–water partition coefficient (Wildman–Crippen LogP) is 5.95. The number of methoxy groups -OCH3 is 1. The van der Waals surface area contributed by atoms with Crippen molar-refractivity contribution >= 4 is 57.6 Å². The molecule has 3 aromatic carbocycles. The molecule has 0 amide bonds. The number of esters is 1. The number of allylic oxidation sites excluding steroid dienone is 1. The predicted molar refractivity (Wildman–Crippen MR) is 173 cm³/mol. The zero-order valence-corrected chi connectivity index (χ0v) is 27.2. The number of carbonyl (C=O) groups is 1. The number of carbonyl (C=O) groups excluding carboxylic acids is 1. The van der Waals surface area contributed by atoms with Gasteiger partial charge in [-0.3, -0.25) is 9.36 Å². The number of rotatable bonds is 8. The summed E-state index contributed by atoms with van der Waals surface area (Å²) in [5.74, 6) is 0.665. The number of ether oxygens (including phenoxy) is 3. The molecule has 0 unspecified atom stereocenters. The minimum atomic E-state index is -0.653. The second kappa shape index (κ2) is 12.8. The number of nitrogens with zero attached hydrogens (tertiary/aromatic N) is 2. The summed E-state index contributed by atoms with van der Waals surface area (Å²) in [6.45, 7) is 6.07. The van der Waals surface area contributed by atoms with Crippen molar-refractivity contribution in [3.05, 3.63) is 122 Å². The number of aromatic nitrogens is 1. The Kier molecular flexibility index (Phi) is 9.19. The molecule has 1 aromatic heterocycles. The largest absolute Gasteiger partial charge is 0.493 e. The summed E-state index contributed by atoms with van der Waals surface area (Å²) in [5, 5.41) is 0.642. The smallest absolute Gasteiger partial charge is 0.338 e. The van der Waals surface area contributed by atoms with Crippen LogP contribution in [0, 0.1) is 10.5 Å². The Morgan fingerprint density at radius 2 is 1.90 bits per heavy atom. The molecule has 0 saturated carbocycles. The van der Waals surface area contributed by atoms with Crippen LogP contribution in [-0.2, 0) is 16.1 Å². The molecule has 4 aromatic rings. The fourth-order valence-corrected chi connectivity index (χ4v) is 6.79. The Labute approximate surface area is 265 Å². The van der Waals surface area contributed by atoms with Gasteiger partial charge in [0.25, 0.3) is 5.56 Å². The average molecular weight is 715 g/mol. The van der Waals surface area contributed by atoms with Gasteiger partial charge in [-0.2, -0.15) is 0 Å². The van der Waals surface area contributed by atoms with E-state index in [-0.39, 0.29) is 12.2 Å². The highest BCUT2D eigenvalue weighted by Gasteiger charge is 2.33. The van der Waals surface area contributed by atoms with E-state index in [1.54, 1.807) is 25.5 Å². The normalized spacial score (nSPS) is 14.8. The fraction of sp³-hybridized carbons (Fsp3) is 0.219. The van der Waals surface area contributed by atoms with Crippen molar-refractivity contribution in [2.75, 3.05) is 13.7 Å². The summed E-state index contributed by atoms with van der Waals surface area (Å²) >= 11 is 9.59. The van der Waals surface area contributed by atoms with Crippen molar-refractivity contribution in [3.63, 3.8) is 0 Å². The number of benzene rings is 3. The highest BCUT2D eigenvalue weighted by atomic mass is 127. The summed E-state index contributed by atoms with van der Waals surface area (Å²) < 4.78 is 20.0. The van der Waals surface area contributed by atoms with Gasteiger partial charge in [0, 0.05) is 5.02 Å². The van der Waals surface area contributed by atoms with Gasteiger partial charge in [-0.05, 0) is 90.4 Å². The first-order valence-electron chi connectivity index (χ1n) is 13.2. The lowest BCUT2D eigenvalue weighted by Gasteiger charge is -2.24. The molecule has 5 rings (SSSR count). The highest BCUT2D eigenvalue weighted by Crippen LogP contribution is 2.35. The quantitative estimate of drug-likeness (QED) is 0.167. The molecule has 0 spiro atoms. The maximum atomic E-state index is 13.9. The molecule has 1 aliphatic rings. The lowest BCUT2D eigenvalue weighted by atomic mass is 9.95. The number of thiazole rings is 1. The summed E-state index contributed by atoms with van der Waals surface area (Å²) in [6, 6.07) is 18.4. The molecule has 1 atom stereocenters. The van der Waals surface area contributed by atoms with Crippen LogP contribution in [0.2, 0.25) is 5.02 Å². The zero-order valence-electron chi connectivity index (χ0n) is 23.4. The molecule has 0 radical (unpaired) electrons. The molecule has 1 aliphatic heterocycles. The van der Waals surface area contributed by atoms with E-state index in [0.29, 0.717) is 43.7 Å². The average Bonchev–Trinajstić information content (AvgIpc) is 3.26. The summed E-state index contributed by atoms with van der Waals surface area (Å²) in [6.07, 6.45) is 1.81. The maximum absolute atomic E-state index is 13.9. The van der Waals surface area contributed by atoms with Gasteiger partial charge in [0.1, 0.15) is 6.61 Å². The highest BCUT2D eigenvalue weighted by molar-refractivity contribution is 14.1. The second-order valence-electron chi connectivity index (χ2n) is 9.67. The van der Waals surface area contributed by atoms with E-state index in [2.05, 4.69) is 27.6 Å². The van der Waals surface area contributed by atoms with Crippen molar-refractivity contribution in [1.29, 1.82) is 0 Å². The fourth-order valence-electron chi connectivity index (χ4n) is 4.75. The molecule has 7 nitrogen and oxygen atoms in total. The van der Waals surface area contributed by atoms with E-state index in [1.165, 1.54) is 11.3 Å². The Morgan fingerprint density at radius 1 is 1.14 bits per heavy atom. The summed E-state index contributed by atoms with van der Waals surface area (Å²) in [5.41, 5.74) is 4.24. The summed E-state index contributed by atoms with van der Waals surface area (Å²) in [7, 11) is 1.58. The molecular weight excluding hydrogens is 687 g/mol. The first-order chi connectivity index (χ1) is 20.2. The number of fused-ring (bicyclic) bond motifs is 1. The third kappa shape index (κ3) is 6.18. The van der Waals surface area contributed by atoms with E-state index >= 15 is 0 Å². The standard InChI is InChI=1S/C32H28ClIN2O5S/c1-5-40-31(38)27-19(3)35-32-36(28(27)22-11-9-18(2)10-12-22)30(37)26(42-32)16-21-14-24(34)29(25(15-21)39-4)41-17-20-7-6-8-23(33)13-20/h6-16,28H,5,17H2,1-4H3/b26-16-/t28-/m0/s1. The van der Waals surface area contributed by atoms with Crippen molar-refractivity contribution in [2.24, 2.45) is 4.99 Å². The van der Waals surface area contributed by atoms with Gasteiger partial charge in [-0.1, -0.05) is 64.9 Å². The van der Waals surface area contributed by atoms with Gasteiger partial charge in [-0.25, -0.2) is 9.79 Å². The summed E-state index contributed by atoms with van der Waals surface area (Å²) in [4.78, 5) is 32.2. The van der Waals surface area contributed by atoms with Crippen molar-refractivity contribution < 1.29 is 19.0 Å².